The normalized spacial score (nSPS) is 11.4. The number of fused-ring (bicyclic) bond motifs is 3. The number of hydrogen-bond acceptors (Lipinski definition) is 17. The van der Waals surface area contributed by atoms with Crippen LogP contribution in [0.5, 0.6) is 40.2 Å². The van der Waals surface area contributed by atoms with Gasteiger partial charge in [-0.1, -0.05) is 0 Å². The van der Waals surface area contributed by atoms with Gasteiger partial charge in [0.1, 0.15) is 34.0 Å². The molecular weight excluding hydrogens is 779 g/mol. The smallest absolute Gasteiger partial charge is 0.238 e. The molecule has 1 aliphatic carbocycles. The lowest BCUT2D eigenvalue weighted by molar-refractivity contribution is 0.0975. The van der Waals surface area contributed by atoms with E-state index in [0.29, 0.717) is 50.6 Å². The highest BCUT2D eigenvalue weighted by Gasteiger charge is 2.38. The molecule has 0 saturated carbocycles. The van der Waals surface area contributed by atoms with Gasteiger partial charge < -0.3 is 71.6 Å². The Hall–Kier alpha value is -5.95. The summed E-state index contributed by atoms with van der Waals surface area (Å²) in [5, 5.41) is 98.2. The summed E-state index contributed by atoms with van der Waals surface area (Å²) in [6, 6.07) is 11.4. The summed E-state index contributed by atoms with van der Waals surface area (Å²) in [7, 11) is 0. The summed E-state index contributed by atoms with van der Waals surface area (Å²) in [4.78, 5) is 38.9. The Morgan fingerprint density at radius 1 is 0.518 bits per heavy atom. The summed E-state index contributed by atoms with van der Waals surface area (Å²) < 4.78 is 5.35. The number of phenols is 6. The van der Waals surface area contributed by atoms with Crippen molar-refractivity contribution in [2.75, 3.05) is 63.1 Å². The minimum absolute atomic E-state index is 0. The van der Waals surface area contributed by atoms with Crippen molar-refractivity contribution in [3.63, 3.8) is 0 Å². The molecule has 13 N–H and O–H groups in total. The van der Waals surface area contributed by atoms with Crippen molar-refractivity contribution >= 4 is 58.7 Å². The lowest BCUT2D eigenvalue weighted by Gasteiger charge is -2.25. The topological polar surface area (TPSA) is 295 Å². The fourth-order valence-electron chi connectivity index (χ4n) is 5.77. The fourth-order valence-corrected chi connectivity index (χ4v) is 5.77. The number of aromatic hydroxyl groups is 7. The maximum absolute atomic E-state index is 13.4. The summed E-state index contributed by atoms with van der Waals surface area (Å²) in [6.45, 7) is 2.81. The van der Waals surface area contributed by atoms with Gasteiger partial charge >= 0.3 is 0 Å². The number of phenolic OH excluding ortho intramolecular Hbond substituents is 6. The van der Waals surface area contributed by atoms with Gasteiger partial charge in [-0.15, -0.1) is 24.8 Å². The first-order valence-electron chi connectivity index (χ1n) is 16.6. The molecule has 4 aromatic carbocycles. The molecule has 1 aliphatic rings. The molecule has 1 heterocycles. The van der Waals surface area contributed by atoms with Crippen molar-refractivity contribution in [1.82, 2.24) is 10.6 Å². The first kappa shape index (κ1) is 44.4. The van der Waals surface area contributed by atoms with Crippen LogP contribution in [-0.4, -0.2) is 110 Å². The molecule has 300 valence electrons. The van der Waals surface area contributed by atoms with E-state index in [-0.39, 0.29) is 106 Å². The van der Waals surface area contributed by atoms with Crippen LogP contribution in [0, 0.1) is 0 Å². The number of aliphatic hydroxyl groups excluding tert-OH is 2. The predicted octanol–water partition coefficient (Wildman–Crippen LogP) is 2.69. The average molecular weight is 820 g/mol. The monoisotopic (exact) mass is 818 g/mol. The Bertz CT molecular complexity index is 2210. The molecule has 0 unspecified atom stereocenters. The molecular formula is C37H40Cl2N4O13. The van der Waals surface area contributed by atoms with Gasteiger partial charge in [-0.25, -0.2) is 0 Å². The van der Waals surface area contributed by atoms with Crippen molar-refractivity contribution in [2.24, 2.45) is 0 Å². The number of halogens is 2. The minimum atomic E-state index is -0.888. The van der Waals surface area contributed by atoms with Crippen LogP contribution < -0.4 is 26.7 Å². The summed E-state index contributed by atoms with van der Waals surface area (Å²) in [6.07, 6.45) is 0. The lowest BCUT2D eigenvalue weighted by atomic mass is 9.81. The highest BCUT2D eigenvalue weighted by atomic mass is 35.5. The van der Waals surface area contributed by atoms with E-state index in [2.05, 4.69) is 21.3 Å². The zero-order chi connectivity index (χ0) is 39.1. The van der Waals surface area contributed by atoms with Crippen LogP contribution in [0.1, 0.15) is 31.8 Å². The highest BCUT2D eigenvalue weighted by Crippen LogP contribution is 2.42. The molecule has 0 saturated heterocycles. The fraction of sp³-hybridized carbons (Fsp3) is 0.216. The Balaban J connectivity index is 0.000000308. The molecule has 0 spiro atoms. The molecule has 1 aromatic heterocycles. The van der Waals surface area contributed by atoms with Crippen molar-refractivity contribution in [1.29, 1.82) is 0 Å². The molecule has 19 heteroatoms. The highest BCUT2D eigenvalue weighted by molar-refractivity contribution is 6.33. The minimum Gasteiger partial charge on any atom is -0.508 e. The number of ketones is 2. The molecule has 0 radical (unpaired) electrons. The molecule has 0 fully saturated rings. The largest absolute Gasteiger partial charge is 0.508 e. The quantitative estimate of drug-likeness (QED) is 0.0453. The van der Waals surface area contributed by atoms with Gasteiger partial charge in [0.15, 0.2) is 17.3 Å². The molecule has 0 bridgehead atoms. The SMILES string of the molecule is Cl.Cl.O=C1c2c(O)ccc(O)c2C(=O)c2c(NCCNCCO)ccc(NCCNCCO)c21.O=c1c(O)c(-c2ccc(O)c(O)c2)oc2cc(O)cc(O)c12. The van der Waals surface area contributed by atoms with E-state index in [1.54, 1.807) is 12.1 Å². The van der Waals surface area contributed by atoms with E-state index in [1.807, 2.05) is 0 Å². The maximum Gasteiger partial charge on any atom is 0.238 e. The van der Waals surface area contributed by atoms with E-state index in [0.717, 1.165) is 24.3 Å². The van der Waals surface area contributed by atoms with Crippen LogP contribution in [0.2, 0.25) is 0 Å². The second-order valence-corrected chi connectivity index (χ2v) is 11.9. The third-order valence-electron chi connectivity index (χ3n) is 8.26. The van der Waals surface area contributed by atoms with Crippen molar-refractivity contribution < 1.29 is 60.0 Å². The van der Waals surface area contributed by atoms with Gasteiger partial charge in [-0.3, -0.25) is 14.4 Å². The van der Waals surface area contributed by atoms with Crippen molar-refractivity contribution in [2.45, 2.75) is 0 Å². The van der Waals surface area contributed by atoms with Gasteiger partial charge in [-0.2, -0.15) is 0 Å². The Labute approximate surface area is 330 Å². The lowest BCUT2D eigenvalue weighted by Crippen LogP contribution is -2.28. The summed E-state index contributed by atoms with van der Waals surface area (Å²) >= 11 is 0. The second-order valence-electron chi connectivity index (χ2n) is 11.9. The third kappa shape index (κ3) is 9.28. The van der Waals surface area contributed by atoms with Crippen LogP contribution in [0.15, 0.2) is 63.8 Å². The Morgan fingerprint density at radius 3 is 1.50 bits per heavy atom. The first-order chi connectivity index (χ1) is 25.9. The standard InChI is InChI=1S/C22H28N4O6.C15H10O7.2ClH/c27-11-9-23-5-7-25-13-1-2-14(26-8-6-24-10-12-28)18-17(13)21(31)19-15(29)3-4-16(30)20(19)22(18)32;16-7-4-10(19)12-11(5-7)22-15(14(21)13(12)20)6-1-2-8(17)9(18)3-6;;/h1-4,23-30H,5-12H2;1-5,16-19,21H;2*1H. The zero-order valence-electron chi connectivity index (χ0n) is 29.3. The Kier molecular flexibility index (Phi) is 15.5. The van der Waals surface area contributed by atoms with E-state index in [9.17, 15) is 50.1 Å². The van der Waals surface area contributed by atoms with Crippen molar-refractivity contribution in [3.05, 3.63) is 87.1 Å². The molecule has 0 atom stereocenters. The van der Waals surface area contributed by atoms with Gasteiger partial charge in [-0.05, 0) is 42.5 Å². The molecule has 0 aliphatic heterocycles. The number of hydrogen-bond donors (Lipinski definition) is 13. The summed E-state index contributed by atoms with van der Waals surface area (Å²) in [5.41, 5.74) is -0.212. The van der Waals surface area contributed by atoms with E-state index in [1.165, 1.54) is 18.2 Å². The summed E-state index contributed by atoms with van der Waals surface area (Å²) in [5.74, 6) is -4.58. The average Bonchev–Trinajstić information content (AvgIpc) is 3.14. The number of carbonyl (C=O) groups is 2. The van der Waals surface area contributed by atoms with Crippen molar-refractivity contribution in [3.8, 4) is 51.6 Å². The van der Waals surface area contributed by atoms with Crippen LogP contribution in [-0.2, 0) is 0 Å². The van der Waals surface area contributed by atoms with E-state index >= 15 is 0 Å². The first-order valence-corrected chi connectivity index (χ1v) is 16.6. The molecule has 5 aromatic rings. The maximum atomic E-state index is 13.4. The zero-order valence-corrected chi connectivity index (χ0v) is 31.0. The number of rotatable bonds is 13. The number of nitrogens with one attached hydrogen (secondary N) is 4. The van der Waals surface area contributed by atoms with Gasteiger partial charge in [0, 0.05) is 68.3 Å². The number of anilines is 2. The molecule has 56 heavy (non-hydrogen) atoms. The molecule has 0 amide bonds. The van der Waals surface area contributed by atoms with Gasteiger partial charge in [0.2, 0.25) is 22.7 Å². The van der Waals surface area contributed by atoms with Gasteiger partial charge in [0.25, 0.3) is 0 Å². The van der Waals surface area contributed by atoms with E-state index < -0.39 is 34.2 Å². The number of carbonyl (C=O) groups excluding carboxylic acids is 2. The van der Waals surface area contributed by atoms with Crippen LogP contribution in [0.25, 0.3) is 22.3 Å². The number of aliphatic hydroxyl groups is 2. The van der Waals surface area contributed by atoms with E-state index in [4.69, 9.17) is 14.6 Å². The molecule has 6 rings (SSSR count). The number of benzene rings is 4. The van der Waals surface area contributed by atoms with Crippen LogP contribution in [0.4, 0.5) is 11.4 Å². The van der Waals surface area contributed by atoms with Gasteiger partial charge in [0.05, 0.1) is 35.5 Å². The van der Waals surface area contributed by atoms with Crippen LogP contribution >= 0.6 is 24.8 Å². The second kappa shape index (κ2) is 19.6. The predicted molar refractivity (Wildman–Crippen MR) is 211 cm³/mol. The van der Waals surface area contributed by atoms with Crippen LogP contribution in [0.3, 0.4) is 0 Å². The molecule has 17 nitrogen and oxygen atoms in total. The Morgan fingerprint density at radius 2 is 1.02 bits per heavy atom. The third-order valence-corrected chi connectivity index (χ3v) is 8.26.